The van der Waals surface area contributed by atoms with Crippen molar-refractivity contribution >= 4 is 21.6 Å². The second kappa shape index (κ2) is 5.99. The lowest BCUT2D eigenvalue weighted by Gasteiger charge is -2.35. The van der Waals surface area contributed by atoms with Crippen molar-refractivity contribution in [3.05, 3.63) is 28.8 Å². The van der Waals surface area contributed by atoms with Crippen molar-refractivity contribution in [1.82, 2.24) is 4.31 Å². The number of halogens is 4. The summed E-state index contributed by atoms with van der Waals surface area (Å²) in [7, 11) is -4.27. The summed E-state index contributed by atoms with van der Waals surface area (Å²) in [4.78, 5) is -0.772. The van der Waals surface area contributed by atoms with Crippen LogP contribution in [0.1, 0.15) is 25.3 Å². The molecular weight excluding hydrogens is 341 g/mol. The summed E-state index contributed by atoms with van der Waals surface area (Å²) in [5.41, 5.74) is 4.52. The van der Waals surface area contributed by atoms with E-state index < -0.39 is 32.7 Å². The average Bonchev–Trinajstić information content (AvgIpc) is 2.36. The molecule has 2 N–H and O–H groups in total. The molecule has 0 bridgehead atoms. The third kappa shape index (κ3) is 3.40. The fraction of sp³-hybridized carbons (Fsp3) is 0.538. The molecule has 4 nitrogen and oxygen atoms in total. The molecule has 0 aromatic heterocycles. The first-order valence-electron chi connectivity index (χ1n) is 6.67. The minimum Gasteiger partial charge on any atom is -0.328 e. The maximum absolute atomic E-state index is 13.1. The van der Waals surface area contributed by atoms with E-state index in [0.717, 1.165) is 16.4 Å². The summed E-state index contributed by atoms with van der Waals surface area (Å²) >= 11 is 5.58. The summed E-state index contributed by atoms with van der Waals surface area (Å²) in [6.07, 6.45) is -3.98. The molecule has 1 aromatic carbocycles. The van der Waals surface area contributed by atoms with Gasteiger partial charge in [-0.1, -0.05) is 11.6 Å². The van der Waals surface area contributed by atoms with E-state index in [-0.39, 0.29) is 17.6 Å². The van der Waals surface area contributed by atoms with Crippen molar-refractivity contribution in [3.8, 4) is 0 Å². The third-order valence-electron chi connectivity index (χ3n) is 3.69. The first-order valence-corrected chi connectivity index (χ1v) is 8.49. The van der Waals surface area contributed by atoms with Gasteiger partial charge < -0.3 is 5.73 Å². The molecular formula is C13H16ClF3N2O2S. The van der Waals surface area contributed by atoms with Crippen LogP contribution in [-0.2, 0) is 16.2 Å². The fourth-order valence-electron chi connectivity index (χ4n) is 2.62. The van der Waals surface area contributed by atoms with Crippen LogP contribution in [0.15, 0.2) is 23.1 Å². The second-order valence-electron chi connectivity index (χ2n) is 5.39. The summed E-state index contributed by atoms with van der Waals surface area (Å²) in [5.74, 6) is 0. The first-order chi connectivity index (χ1) is 10.0. The monoisotopic (exact) mass is 356 g/mol. The Labute approximate surface area is 132 Å². The van der Waals surface area contributed by atoms with Gasteiger partial charge in [-0.05, 0) is 38.0 Å². The van der Waals surface area contributed by atoms with Gasteiger partial charge in [0.1, 0.15) is 0 Å². The molecule has 1 heterocycles. The zero-order valence-corrected chi connectivity index (χ0v) is 13.3. The van der Waals surface area contributed by atoms with Crippen LogP contribution in [0, 0.1) is 0 Å². The van der Waals surface area contributed by atoms with Crippen molar-refractivity contribution in [2.75, 3.05) is 6.54 Å². The first kappa shape index (κ1) is 17.5. The Kier molecular flexibility index (Phi) is 4.77. The van der Waals surface area contributed by atoms with E-state index in [4.69, 9.17) is 17.3 Å². The van der Waals surface area contributed by atoms with Crippen LogP contribution >= 0.6 is 11.6 Å². The molecule has 0 amide bonds. The fourth-order valence-corrected chi connectivity index (χ4v) is 4.64. The van der Waals surface area contributed by atoms with Crippen molar-refractivity contribution in [3.63, 3.8) is 0 Å². The van der Waals surface area contributed by atoms with E-state index in [1.165, 1.54) is 0 Å². The Morgan fingerprint density at radius 3 is 2.55 bits per heavy atom. The van der Waals surface area contributed by atoms with Crippen LogP contribution in [0.5, 0.6) is 0 Å². The standard InChI is InChI=1S/C13H16ClF3N2O2S/c1-8-6-10(18)4-5-19(8)22(20,21)12-3-2-9(14)7-11(12)13(15,16)17/h2-3,7-8,10H,4-6,18H2,1H3/t8-,10-/m1/s1. The molecule has 1 aromatic rings. The smallest absolute Gasteiger partial charge is 0.328 e. The zero-order chi connectivity index (χ0) is 16.7. The van der Waals surface area contributed by atoms with Crippen LogP contribution in [0.3, 0.4) is 0 Å². The Bertz CT molecular complexity index is 664. The van der Waals surface area contributed by atoms with E-state index in [1.54, 1.807) is 6.92 Å². The topological polar surface area (TPSA) is 63.4 Å². The highest BCUT2D eigenvalue weighted by Gasteiger charge is 2.41. The molecule has 1 aliphatic heterocycles. The highest BCUT2D eigenvalue weighted by atomic mass is 35.5. The Morgan fingerprint density at radius 1 is 1.36 bits per heavy atom. The van der Waals surface area contributed by atoms with Gasteiger partial charge in [0.05, 0.1) is 10.5 Å². The molecule has 0 aliphatic carbocycles. The summed E-state index contributed by atoms with van der Waals surface area (Å²) < 4.78 is 65.7. The van der Waals surface area contributed by atoms with Gasteiger partial charge in [-0.15, -0.1) is 0 Å². The van der Waals surface area contributed by atoms with Crippen LogP contribution in [0.2, 0.25) is 5.02 Å². The lowest BCUT2D eigenvalue weighted by atomic mass is 10.0. The highest BCUT2D eigenvalue weighted by Crippen LogP contribution is 2.38. The van der Waals surface area contributed by atoms with E-state index in [2.05, 4.69) is 0 Å². The number of benzene rings is 1. The molecule has 2 atom stereocenters. The van der Waals surface area contributed by atoms with E-state index >= 15 is 0 Å². The van der Waals surface area contributed by atoms with E-state index in [1.807, 2.05) is 0 Å². The number of rotatable bonds is 2. The lowest BCUT2D eigenvalue weighted by molar-refractivity contribution is -0.139. The molecule has 0 saturated carbocycles. The van der Waals surface area contributed by atoms with Gasteiger partial charge in [0.25, 0.3) is 0 Å². The molecule has 0 unspecified atom stereocenters. The number of nitrogens with two attached hydrogens (primary N) is 1. The van der Waals surface area contributed by atoms with Crippen LogP contribution in [0.25, 0.3) is 0 Å². The number of piperidine rings is 1. The predicted octanol–water partition coefficient (Wildman–Crippen LogP) is 2.86. The minimum absolute atomic E-state index is 0.102. The Hall–Kier alpha value is -0.830. The van der Waals surface area contributed by atoms with Gasteiger partial charge in [-0.2, -0.15) is 17.5 Å². The number of hydrogen-bond acceptors (Lipinski definition) is 3. The molecule has 0 spiro atoms. The number of alkyl halides is 3. The molecule has 22 heavy (non-hydrogen) atoms. The summed E-state index contributed by atoms with van der Waals surface area (Å²) in [6, 6.07) is 2.08. The van der Waals surface area contributed by atoms with Crippen molar-refractivity contribution < 1.29 is 21.6 Å². The lowest BCUT2D eigenvalue weighted by Crippen LogP contribution is -2.48. The predicted molar refractivity (Wildman–Crippen MR) is 77.0 cm³/mol. The second-order valence-corrected chi connectivity index (χ2v) is 7.68. The van der Waals surface area contributed by atoms with Gasteiger partial charge in [0, 0.05) is 23.7 Å². The van der Waals surface area contributed by atoms with Crippen molar-refractivity contribution in [2.24, 2.45) is 5.73 Å². The Balaban J connectivity index is 2.51. The van der Waals surface area contributed by atoms with Gasteiger partial charge in [-0.3, -0.25) is 0 Å². The Morgan fingerprint density at radius 2 is 2.00 bits per heavy atom. The third-order valence-corrected chi connectivity index (χ3v) is 6.00. The molecule has 1 saturated heterocycles. The van der Waals surface area contributed by atoms with Crippen LogP contribution in [0.4, 0.5) is 13.2 Å². The molecule has 124 valence electrons. The highest BCUT2D eigenvalue weighted by molar-refractivity contribution is 7.89. The summed E-state index contributed by atoms with van der Waals surface area (Å²) in [5, 5.41) is -0.167. The largest absolute Gasteiger partial charge is 0.417 e. The van der Waals surface area contributed by atoms with E-state index in [9.17, 15) is 21.6 Å². The van der Waals surface area contributed by atoms with Crippen molar-refractivity contribution in [1.29, 1.82) is 0 Å². The van der Waals surface area contributed by atoms with Gasteiger partial charge in [0.15, 0.2) is 0 Å². The number of sulfonamides is 1. The maximum atomic E-state index is 13.1. The van der Waals surface area contributed by atoms with Crippen LogP contribution < -0.4 is 5.73 Å². The molecule has 9 heteroatoms. The van der Waals surface area contributed by atoms with Crippen LogP contribution in [-0.4, -0.2) is 31.4 Å². The molecule has 2 rings (SSSR count). The zero-order valence-electron chi connectivity index (χ0n) is 11.8. The minimum atomic E-state index is -4.80. The maximum Gasteiger partial charge on any atom is 0.417 e. The quantitative estimate of drug-likeness (QED) is 0.886. The average molecular weight is 357 g/mol. The molecule has 1 fully saturated rings. The van der Waals surface area contributed by atoms with Gasteiger partial charge in [-0.25, -0.2) is 8.42 Å². The molecule has 0 radical (unpaired) electrons. The number of nitrogens with zero attached hydrogens (tertiary/aromatic N) is 1. The summed E-state index contributed by atoms with van der Waals surface area (Å²) in [6.45, 7) is 1.74. The van der Waals surface area contributed by atoms with Gasteiger partial charge in [0.2, 0.25) is 10.0 Å². The normalized spacial score (nSPS) is 24.5. The van der Waals surface area contributed by atoms with Crippen molar-refractivity contribution in [2.45, 2.75) is 42.9 Å². The SMILES string of the molecule is C[C@@H]1C[C@H](N)CCN1S(=O)(=O)c1ccc(Cl)cc1C(F)(F)F. The molecule has 1 aliphatic rings. The van der Waals surface area contributed by atoms with Gasteiger partial charge >= 0.3 is 6.18 Å². The number of hydrogen-bond donors (Lipinski definition) is 1. The van der Waals surface area contributed by atoms with E-state index in [0.29, 0.717) is 18.9 Å².